The minimum Gasteiger partial charge on any atom is -0.391 e. The van der Waals surface area contributed by atoms with Crippen molar-refractivity contribution in [2.45, 2.75) is 26.4 Å². The van der Waals surface area contributed by atoms with Gasteiger partial charge in [0.15, 0.2) is 0 Å². The van der Waals surface area contributed by atoms with E-state index in [0.29, 0.717) is 0 Å². The van der Waals surface area contributed by atoms with Crippen molar-refractivity contribution < 1.29 is 5.11 Å². The van der Waals surface area contributed by atoms with Gasteiger partial charge in [0.05, 0.1) is 18.0 Å². The summed E-state index contributed by atoms with van der Waals surface area (Å²) in [6.45, 7) is 6.59. The van der Waals surface area contributed by atoms with Gasteiger partial charge in [-0.25, -0.2) is 4.68 Å². The predicted molar refractivity (Wildman–Crippen MR) is 86.9 cm³/mol. The number of unbranched alkanes of at least 4 members (excludes halogenated alkanes) is 1. The second-order valence-corrected chi connectivity index (χ2v) is 5.15. The highest BCUT2D eigenvalue weighted by molar-refractivity contribution is 5.54. The number of aliphatic hydroxyl groups is 1. The van der Waals surface area contributed by atoms with Crippen LogP contribution in [-0.2, 0) is 6.61 Å². The highest BCUT2D eigenvalue weighted by Gasteiger charge is 2.18. The van der Waals surface area contributed by atoms with Crippen molar-refractivity contribution in [1.29, 1.82) is 0 Å². The number of hydrogen-bond donors (Lipinski definition) is 1. The van der Waals surface area contributed by atoms with Crippen LogP contribution in [0.25, 0.3) is 5.69 Å². The van der Waals surface area contributed by atoms with E-state index in [1.54, 1.807) is 0 Å². The Bertz CT molecular complexity index is 590. The molecule has 0 radical (unpaired) electrons. The molecule has 0 fully saturated rings. The van der Waals surface area contributed by atoms with E-state index in [0.717, 1.165) is 42.1 Å². The average molecular weight is 285 g/mol. The first-order valence-corrected chi connectivity index (χ1v) is 7.25. The van der Waals surface area contributed by atoms with E-state index in [2.05, 4.69) is 16.6 Å². The zero-order valence-corrected chi connectivity index (χ0v) is 12.8. The molecule has 0 aliphatic carbocycles. The van der Waals surface area contributed by atoms with Crippen molar-refractivity contribution in [3.05, 3.63) is 54.2 Å². The van der Waals surface area contributed by atoms with Crippen LogP contribution in [0.3, 0.4) is 0 Å². The van der Waals surface area contributed by atoms with Crippen LogP contribution in [0.1, 0.15) is 24.1 Å². The molecule has 0 unspecified atom stereocenters. The highest BCUT2D eigenvalue weighted by atomic mass is 16.3. The molecule has 4 nitrogen and oxygen atoms in total. The van der Waals surface area contributed by atoms with Crippen molar-refractivity contribution >= 4 is 5.82 Å². The van der Waals surface area contributed by atoms with E-state index in [1.807, 2.05) is 55.1 Å². The first-order chi connectivity index (χ1) is 10.2. The number of para-hydroxylation sites is 1. The van der Waals surface area contributed by atoms with Gasteiger partial charge < -0.3 is 10.0 Å². The fourth-order valence-corrected chi connectivity index (χ4v) is 2.45. The molecule has 0 aliphatic heterocycles. The number of rotatable bonds is 7. The number of allylic oxidation sites excluding steroid dienone is 1. The maximum atomic E-state index is 9.68. The van der Waals surface area contributed by atoms with Crippen LogP contribution in [0.2, 0.25) is 0 Å². The Hall–Kier alpha value is -2.07. The third-order valence-corrected chi connectivity index (χ3v) is 3.58. The maximum absolute atomic E-state index is 9.68. The monoisotopic (exact) mass is 285 g/mol. The Morgan fingerprint density at radius 2 is 2.05 bits per heavy atom. The molecule has 0 amide bonds. The van der Waals surface area contributed by atoms with Gasteiger partial charge in [0.2, 0.25) is 0 Å². The lowest BCUT2D eigenvalue weighted by molar-refractivity contribution is 0.281. The predicted octanol–water partition coefficient (Wildman–Crippen LogP) is 3.08. The van der Waals surface area contributed by atoms with Gasteiger partial charge in [0, 0.05) is 19.2 Å². The second-order valence-electron chi connectivity index (χ2n) is 5.15. The normalized spacial score (nSPS) is 10.6. The van der Waals surface area contributed by atoms with E-state index < -0.39 is 0 Å². The summed E-state index contributed by atoms with van der Waals surface area (Å²) in [5, 5.41) is 14.3. The molecule has 2 rings (SSSR count). The number of aliphatic hydroxyl groups excluding tert-OH is 1. The molecule has 1 aromatic heterocycles. The largest absolute Gasteiger partial charge is 0.391 e. The quantitative estimate of drug-likeness (QED) is 0.628. The summed E-state index contributed by atoms with van der Waals surface area (Å²) >= 11 is 0. The van der Waals surface area contributed by atoms with Crippen molar-refractivity contribution in [3.8, 4) is 5.69 Å². The summed E-state index contributed by atoms with van der Waals surface area (Å²) < 4.78 is 1.91. The molecule has 112 valence electrons. The van der Waals surface area contributed by atoms with Gasteiger partial charge in [-0.3, -0.25) is 0 Å². The Morgan fingerprint density at radius 3 is 2.67 bits per heavy atom. The molecule has 1 heterocycles. The third-order valence-electron chi connectivity index (χ3n) is 3.58. The molecule has 0 aliphatic rings. The van der Waals surface area contributed by atoms with E-state index in [1.165, 1.54) is 0 Å². The number of aromatic nitrogens is 2. The molecule has 21 heavy (non-hydrogen) atoms. The van der Waals surface area contributed by atoms with E-state index in [4.69, 9.17) is 0 Å². The lowest BCUT2D eigenvalue weighted by Crippen LogP contribution is -2.22. The zero-order chi connectivity index (χ0) is 15.2. The highest BCUT2D eigenvalue weighted by Crippen LogP contribution is 2.26. The van der Waals surface area contributed by atoms with Crippen LogP contribution in [-0.4, -0.2) is 28.5 Å². The maximum Gasteiger partial charge on any atom is 0.137 e. The minimum absolute atomic E-state index is 0.000200. The van der Waals surface area contributed by atoms with Gasteiger partial charge >= 0.3 is 0 Å². The van der Waals surface area contributed by atoms with Crippen LogP contribution < -0.4 is 4.90 Å². The second kappa shape index (κ2) is 7.09. The number of aryl methyl sites for hydroxylation is 1. The Labute approximate surface area is 126 Å². The van der Waals surface area contributed by atoms with Gasteiger partial charge in [-0.1, -0.05) is 24.3 Å². The molecule has 0 saturated heterocycles. The summed E-state index contributed by atoms with van der Waals surface area (Å²) in [5.74, 6) is 0.963. The standard InChI is InChI=1S/C17H23N3O/c1-4-5-9-12-19(3)17-16(13-21)14(2)18-20(17)15-10-7-6-8-11-15/h4,6-8,10-11,21H,1,5,9,12-13H2,2-3H3. The molecule has 1 aromatic carbocycles. The van der Waals surface area contributed by atoms with Crippen molar-refractivity contribution in [3.63, 3.8) is 0 Å². The molecule has 1 N–H and O–H groups in total. The van der Waals surface area contributed by atoms with Gasteiger partial charge in [0.1, 0.15) is 5.82 Å². The van der Waals surface area contributed by atoms with Crippen molar-refractivity contribution in [1.82, 2.24) is 9.78 Å². The minimum atomic E-state index is -0.000200. The fraction of sp³-hybridized carbons (Fsp3) is 0.353. The third kappa shape index (κ3) is 3.34. The van der Waals surface area contributed by atoms with Crippen LogP contribution >= 0.6 is 0 Å². The van der Waals surface area contributed by atoms with Gasteiger partial charge in [-0.05, 0) is 31.9 Å². The summed E-state index contributed by atoms with van der Waals surface area (Å²) in [6.07, 6.45) is 3.95. The first kappa shape index (κ1) is 15.3. The number of anilines is 1. The van der Waals surface area contributed by atoms with Crippen LogP contribution in [0, 0.1) is 6.92 Å². The molecular formula is C17H23N3O. The molecule has 2 aromatic rings. The Morgan fingerprint density at radius 1 is 1.33 bits per heavy atom. The molecular weight excluding hydrogens is 262 g/mol. The number of nitrogens with zero attached hydrogens (tertiary/aromatic N) is 3. The SMILES string of the molecule is C=CCCCN(C)c1c(CO)c(C)nn1-c1ccccc1. The topological polar surface area (TPSA) is 41.3 Å². The van der Waals surface area contributed by atoms with Crippen LogP contribution in [0.4, 0.5) is 5.82 Å². The first-order valence-electron chi connectivity index (χ1n) is 7.25. The lowest BCUT2D eigenvalue weighted by atomic mass is 10.2. The zero-order valence-electron chi connectivity index (χ0n) is 12.8. The molecule has 0 bridgehead atoms. The molecule has 0 atom stereocenters. The average Bonchev–Trinajstić information content (AvgIpc) is 2.85. The fourth-order valence-electron chi connectivity index (χ4n) is 2.45. The van der Waals surface area contributed by atoms with Gasteiger partial charge in [0.25, 0.3) is 0 Å². The van der Waals surface area contributed by atoms with E-state index in [9.17, 15) is 5.11 Å². The van der Waals surface area contributed by atoms with E-state index >= 15 is 0 Å². The Balaban J connectivity index is 2.39. The summed E-state index contributed by atoms with van der Waals surface area (Å²) in [6, 6.07) is 10.0. The molecule has 4 heteroatoms. The van der Waals surface area contributed by atoms with Crippen LogP contribution in [0.5, 0.6) is 0 Å². The van der Waals surface area contributed by atoms with Gasteiger partial charge in [-0.15, -0.1) is 6.58 Å². The van der Waals surface area contributed by atoms with Crippen molar-refractivity contribution in [2.24, 2.45) is 0 Å². The smallest absolute Gasteiger partial charge is 0.137 e. The number of benzene rings is 1. The van der Waals surface area contributed by atoms with E-state index in [-0.39, 0.29) is 6.61 Å². The van der Waals surface area contributed by atoms with Gasteiger partial charge in [-0.2, -0.15) is 5.10 Å². The van der Waals surface area contributed by atoms with Crippen molar-refractivity contribution in [2.75, 3.05) is 18.5 Å². The summed E-state index contributed by atoms with van der Waals surface area (Å²) in [7, 11) is 2.04. The summed E-state index contributed by atoms with van der Waals surface area (Å²) in [4.78, 5) is 2.15. The Kier molecular flexibility index (Phi) is 5.17. The number of hydrogen-bond acceptors (Lipinski definition) is 3. The molecule has 0 spiro atoms. The lowest BCUT2D eigenvalue weighted by Gasteiger charge is -2.21. The van der Waals surface area contributed by atoms with Crippen LogP contribution in [0.15, 0.2) is 43.0 Å². The molecule has 0 saturated carbocycles. The summed E-state index contributed by atoms with van der Waals surface area (Å²) in [5.41, 5.74) is 2.76.